The molecule has 0 bridgehead atoms. The summed E-state index contributed by atoms with van der Waals surface area (Å²) in [5, 5.41) is 7.85. The number of hydrogen-bond donors (Lipinski definition) is 2. The van der Waals surface area contributed by atoms with Crippen molar-refractivity contribution < 1.29 is 9.59 Å². The topological polar surface area (TPSA) is 58.2 Å². The summed E-state index contributed by atoms with van der Waals surface area (Å²) in [5.41, 5.74) is 1.78. The van der Waals surface area contributed by atoms with Crippen LogP contribution in [-0.4, -0.2) is 11.8 Å². The van der Waals surface area contributed by atoms with E-state index in [1.165, 1.54) is 11.3 Å². The Morgan fingerprint density at radius 3 is 2.20 bits per heavy atom. The fourth-order valence-corrected chi connectivity index (χ4v) is 3.79. The molecule has 0 aliphatic rings. The molecule has 1 aromatic heterocycles. The first-order valence-corrected chi connectivity index (χ1v) is 10.9. The molecule has 0 aliphatic heterocycles. The summed E-state index contributed by atoms with van der Waals surface area (Å²) in [6.07, 6.45) is 2.52. The van der Waals surface area contributed by atoms with Crippen molar-refractivity contribution >= 4 is 29.2 Å². The van der Waals surface area contributed by atoms with E-state index in [-0.39, 0.29) is 23.6 Å². The minimum absolute atomic E-state index is 0.140. The first-order valence-electron chi connectivity index (χ1n) is 10.0. The lowest BCUT2D eigenvalue weighted by atomic mass is 9.97. The van der Waals surface area contributed by atoms with Crippen molar-refractivity contribution in [1.29, 1.82) is 0 Å². The van der Waals surface area contributed by atoms with E-state index in [1.54, 1.807) is 30.3 Å². The average molecular weight is 419 g/mol. The van der Waals surface area contributed by atoms with Crippen LogP contribution in [0.3, 0.4) is 0 Å². The molecule has 5 heteroatoms. The molecule has 0 radical (unpaired) electrons. The molecule has 1 unspecified atom stereocenters. The molecule has 3 aromatic rings. The quantitative estimate of drug-likeness (QED) is 0.480. The molecule has 3 rings (SSSR count). The molecule has 0 spiro atoms. The van der Waals surface area contributed by atoms with Gasteiger partial charge in [-0.25, -0.2) is 0 Å². The molecule has 0 saturated carbocycles. The Kier molecular flexibility index (Phi) is 7.57. The summed E-state index contributed by atoms with van der Waals surface area (Å²) in [6, 6.07) is 22.5. The van der Waals surface area contributed by atoms with Crippen LogP contribution in [0.4, 0.5) is 0 Å². The van der Waals surface area contributed by atoms with Crippen LogP contribution in [0.25, 0.3) is 6.08 Å². The van der Waals surface area contributed by atoms with Crippen LogP contribution in [-0.2, 0) is 4.79 Å². The van der Waals surface area contributed by atoms with Gasteiger partial charge in [0.25, 0.3) is 11.8 Å². The Morgan fingerprint density at radius 1 is 0.933 bits per heavy atom. The van der Waals surface area contributed by atoms with Crippen LogP contribution in [0.15, 0.2) is 83.9 Å². The Morgan fingerprint density at radius 2 is 1.60 bits per heavy atom. The van der Waals surface area contributed by atoms with Gasteiger partial charge in [0.15, 0.2) is 0 Å². The maximum Gasteiger partial charge on any atom is 0.268 e. The third-order valence-electron chi connectivity index (χ3n) is 4.57. The van der Waals surface area contributed by atoms with Gasteiger partial charge >= 0.3 is 0 Å². The van der Waals surface area contributed by atoms with Crippen molar-refractivity contribution in [2.75, 3.05) is 0 Å². The zero-order valence-corrected chi connectivity index (χ0v) is 18.0. The Hall–Kier alpha value is -3.18. The number of hydrogen-bond acceptors (Lipinski definition) is 3. The molecule has 1 heterocycles. The van der Waals surface area contributed by atoms with Crippen LogP contribution < -0.4 is 10.6 Å². The van der Waals surface area contributed by atoms with Gasteiger partial charge in [-0.15, -0.1) is 11.3 Å². The number of amides is 2. The molecule has 4 nitrogen and oxygen atoms in total. The summed E-state index contributed by atoms with van der Waals surface area (Å²) in [7, 11) is 0. The van der Waals surface area contributed by atoms with Gasteiger partial charge in [-0.05, 0) is 47.6 Å². The summed E-state index contributed by atoms with van der Waals surface area (Å²) < 4.78 is 0. The lowest BCUT2D eigenvalue weighted by Gasteiger charge is -2.22. The highest BCUT2D eigenvalue weighted by molar-refractivity contribution is 7.10. The van der Waals surface area contributed by atoms with E-state index in [1.807, 2.05) is 53.9 Å². The minimum Gasteiger partial charge on any atom is -0.344 e. The summed E-state index contributed by atoms with van der Waals surface area (Å²) in [4.78, 5) is 26.8. The maximum absolute atomic E-state index is 13.2. The van der Waals surface area contributed by atoms with E-state index in [0.29, 0.717) is 11.5 Å². The van der Waals surface area contributed by atoms with Crippen molar-refractivity contribution in [3.63, 3.8) is 0 Å². The highest BCUT2D eigenvalue weighted by Crippen LogP contribution is 2.22. The van der Waals surface area contributed by atoms with Crippen molar-refractivity contribution in [3.05, 3.63) is 99.9 Å². The maximum atomic E-state index is 13.2. The van der Waals surface area contributed by atoms with Gasteiger partial charge in [0.05, 0.1) is 6.04 Å². The summed E-state index contributed by atoms with van der Waals surface area (Å²) >= 11 is 1.51. The van der Waals surface area contributed by atoms with Gasteiger partial charge in [-0.2, -0.15) is 0 Å². The number of carbonyl (C=O) groups excluding carboxylic acids is 2. The smallest absolute Gasteiger partial charge is 0.268 e. The van der Waals surface area contributed by atoms with Gasteiger partial charge in [0, 0.05) is 10.4 Å². The van der Waals surface area contributed by atoms with Gasteiger partial charge in [-0.1, -0.05) is 68.4 Å². The fourth-order valence-electron chi connectivity index (χ4n) is 3.13. The van der Waals surface area contributed by atoms with Gasteiger partial charge in [0.2, 0.25) is 0 Å². The van der Waals surface area contributed by atoms with E-state index in [0.717, 1.165) is 16.9 Å². The Labute approximate surface area is 181 Å². The van der Waals surface area contributed by atoms with Gasteiger partial charge in [0.1, 0.15) is 5.70 Å². The first kappa shape index (κ1) is 21.5. The molecule has 30 heavy (non-hydrogen) atoms. The molecule has 2 amide bonds. The van der Waals surface area contributed by atoms with E-state index in [4.69, 9.17) is 0 Å². The van der Waals surface area contributed by atoms with Crippen molar-refractivity contribution in [3.8, 4) is 0 Å². The minimum atomic E-state index is -0.311. The summed E-state index contributed by atoms with van der Waals surface area (Å²) in [5.74, 6) is -0.213. The molecule has 0 saturated heterocycles. The van der Waals surface area contributed by atoms with E-state index < -0.39 is 0 Å². The lowest BCUT2D eigenvalue weighted by Crippen LogP contribution is -2.37. The van der Waals surface area contributed by atoms with Gasteiger partial charge in [-0.3, -0.25) is 9.59 Å². The molecule has 2 N–H and O–H groups in total. The molecule has 0 fully saturated rings. The highest BCUT2D eigenvalue weighted by atomic mass is 32.1. The number of carbonyl (C=O) groups is 2. The second-order valence-corrected chi connectivity index (χ2v) is 8.44. The largest absolute Gasteiger partial charge is 0.344 e. The zero-order valence-electron chi connectivity index (χ0n) is 17.2. The van der Waals surface area contributed by atoms with Crippen LogP contribution in [0, 0.1) is 5.92 Å². The van der Waals surface area contributed by atoms with Crippen LogP contribution in [0.5, 0.6) is 0 Å². The molecule has 154 valence electrons. The van der Waals surface area contributed by atoms with Crippen molar-refractivity contribution in [2.45, 2.75) is 26.3 Å². The van der Waals surface area contributed by atoms with Gasteiger partial charge < -0.3 is 10.6 Å². The molecule has 2 aromatic carbocycles. The predicted octanol–water partition coefficient (Wildman–Crippen LogP) is 5.42. The number of benzene rings is 2. The van der Waals surface area contributed by atoms with Crippen molar-refractivity contribution in [1.82, 2.24) is 10.6 Å². The van der Waals surface area contributed by atoms with E-state index in [2.05, 4.69) is 24.5 Å². The number of nitrogens with one attached hydrogen (secondary N) is 2. The normalized spacial score (nSPS) is 12.4. The van der Waals surface area contributed by atoms with E-state index in [9.17, 15) is 9.59 Å². The molecular formula is C25H26N2O2S. The molecule has 1 atom stereocenters. The highest BCUT2D eigenvalue weighted by Gasteiger charge is 2.20. The van der Waals surface area contributed by atoms with Crippen LogP contribution >= 0.6 is 11.3 Å². The van der Waals surface area contributed by atoms with E-state index >= 15 is 0 Å². The third kappa shape index (κ3) is 6.16. The molecular weight excluding hydrogens is 392 g/mol. The summed E-state index contributed by atoms with van der Waals surface area (Å²) in [6.45, 7) is 4.25. The molecule has 0 aliphatic carbocycles. The second-order valence-electron chi connectivity index (χ2n) is 7.46. The SMILES string of the molecule is CC(C)CC(NC(=O)/C(=C/c1cccs1)NC(=O)c1ccccc1)c1ccccc1. The third-order valence-corrected chi connectivity index (χ3v) is 5.39. The Bertz CT molecular complexity index is 981. The van der Waals surface area contributed by atoms with Crippen molar-refractivity contribution in [2.24, 2.45) is 5.92 Å². The number of rotatable bonds is 8. The van der Waals surface area contributed by atoms with Crippen LogP contribution in [0.1, 0.15) is 47.1 Å². The van der Waals surface area contributed by atoms with Crippen LogP contribution in [0.2, 0.25) is 0 Å². The number of thiophene rings is 1. The average Bonchev–Trinajstić information content (AvgIpc) is 3.27. The first-order chi connectivity index (χ1) is 14.5. The lowest BCUT2D eigenvalue weighted by molar-refractivity contribution is -0.118. The zero-order chi connectivity index (χ0) is 21.3. The standard InChI is InChI=1S/C25H26N2O2S/c1-18(2)16-22(19-10-5-3-6-11-19)26-25(29)23(17-21-14-9-15-30-21)27-24(28)20-12-7-4-8-13-20/h3-15,17-18,22H,16H2,1-2H3,(H,26,29)(H,27,28)/b23-17-. The monoisotopic (exact) mass is 418 g/mol. The predicted molar refractivity (Wildman–Crippen MR) is 123 cm³/mol. The second kappa shape index (κ2) is 10.6. The fraction of sp³-hybridized carbons (Fsp3) is 0.200. The Balaban J connectivity index is 1.84.